The van der Waals surface area contributed by atoms with E-state index in [1.807, 2.05) is 0 Å². The lowest BCUT2D eigenvalue weighted by molar-refractivity contribution is -0.157. The molecule has 0 bridgehead atoms. The maximum atomic E-state index is 11.6. The smallest absolute Gasteiger partial charge is 0.335 e. The van der Waals surface area contributed by atoms with Gasteiger partial charge in [-0.05, 0) is 19.3 Å². The number of hydrogen-bond donors (Lipinski definition) is 0. The molecule has 7 heteroatoms. The Bertz CT molecular complexity index is 384. The van der Waals surface area contributed by atoms with Crippen LogP contribution in [0.5, 0.6) is 0 Å². The number of hydrogen-bond acceptors (Lipinski definition) is 6. The van der Waals surface area contributed by atoms with Crippen molar-refractivity contribution in [2.24, 2.45) is 5.92 Å². The zero-order chi connectivity index (χ0) is 13.5. The van der Waals surface area contributed by atoms with Gasteiger partial charge in [0.2, 0.25) is 0 Å². The molecule has 18 heavy (non-hydrogen) atoms. The first kappa shape index (κ1) is 15.3. The van der Waals surface area contributed by atoms with Crippen molar-refractivity contribution >= 4 is 29.1 Å². The molecule has 1 aromatic heterocycles. The number of esters is 1. The Kier molecular flexibility index (Phi) is 6.52. The average molecular weight is 293 g/mol. The first-order valence-electron chi connectivity index (χ1n) is 5.75. The highest BCUT2D eigenvalue weighted by molar-refractivity contribution is 7.10. The van der Waals surface area contributed by atoms with Crippen molar-refractivity contribution in [3.8, 4) is 0 Å². The van der Waals surface area contributed by atoms with Gasteiger partial charge in [0.1, 0.15) is 16.6 Å². The third-order valence-electron chi connectivity index (χ3n) is 2.26. The fraction of sp³-hybridized carbons (Fsp3) is 0.727. The number of halogens is 1. The molecule has 102 valence electrons. The second kappa shape index (κ2) is 7.66. The largest absolute Gasteiger partial charge is 0.457 e. The molecule has 0 aromatic carbocycles. The van der Waals surface area contributed by atoms with Crippen LogP contribution in [0.25, 0.3) is 0 Å². The van der Waals surface area contributed by atoms with Gasteiger partial charge in [0, 0.05) is 18.1 Å². The van der Waals surface area contributed by atoms with Crippen molar-refractivity contribution in [3.05, 3.63) is 10.0 Å². The number of aromatic nitrogens is 2. The molecule has 1 aromatic rings. The Morgan fingerprint density at radius 3 is 2.72 bits per heavy atom. The quantitative estimate of drug-likeness (QED) is 0.723. The van der Waals surface area contributed by atoms with Crippen LogP contribution in [-0.4, -0.2) is 28.3 Å². The first-order valence-corrected chi connectivity index (χ1v) is 6.90. The molecule has 1 heterocycles. The summed E-state index contributed by atoms with van der Waals surface area (Å²) in [6.45, 7) is 6.45. The standard InChI is InChI=1S/C11H17ClN2O3S/c1-7(2)4-5-16-8(3)11(15)17-6-9-10(12)18-14-13-9/h7-8H,4-6H2,1-3H3. The minimum absolute atomic E-state index is 0.0338. The lowest BCUT2D eigenvalue weighted by Crippen LogP contribution is -2.24. The van der Waals surface area contributed by atoms with Gasteiger partial charge in [0.15, 0.2) is 6.10 Å². The van der Waals surface area contributed by atoms with Crippen LogP contribution in [0.1, 0.15) is 32.9 Å². The predicted octanol–water partition coefficient (Wildman–Crippen LogP) is 2.69. The molecule has 0 aliphatic heterocycles. The van der Waals surface area contributed by atoms with Gasteiger partial charge in [-0.15, -0.1) is 5.10 Å². The SMILES string of the molecule is CC(C)CCOC(C)C(=O)OCc1nnsc1Cl. The lowest BCUT2D eigenvalue weighted by Gasteiger charge is -2.13. The van der Waals surface area contributed by atoms with Gasteiger partial charge in [-0.2, -0.15) is 0 Å². The van der Waals surface area contributed by atoms with E-state index in [4.69, 9.17) is 21.1 Å². The van der Waals surface area contributed by atoms with Crippen LogP contribution < -0.4 is 0 Å². The maximum Gasteiger partial charge on any atom is 0.335 e. The van der Waals surface area contributed by atoms with Gasteiger partial charge in [-0.25, -0.2) is 4.79 Å². The van der Waals surface area contributed by atoms with E-state index < -0.39 is 12.1 Å². The zero-order valence-corrected chi connectivity index (χ0v) is 12.3. The van der Waals surface area contributed by atoms with Crippen LogP contribution in [0.4, 0.5) is 0 Å². The lowest BCUT2D eigenvalue weighted by atomic mass is 10.1. The Morgan fingerprint density at radius 2 is 2.17 bits per heavy atom. The van der Waals surface area contributed by atoms with E-state index in [2.05, 4.69) is 23.4 Å². The second-order valence-corrected chi connectivity index (χ2v) is 5.65. The number of carbonyl (C=O) groups is 1. The van der Waals surface area contributed by atoms with Crippen molar-refractivity contribution in [3.63, 3.8) is 0 Å². The Balaban J connectivity index is 2.25. The van der Waals surface area contributed by atoms with Crippen LogP contribution in [0, 0.1) is 5.92 Å². The third kappa shape index (κ3) is 5.29. The Hall–Kier alpha value is -0.720. The third-order valence-corrected chi connectivity index (χ3v) is 3.24. The van der Waals surface area contributed by atoms with Crippen LogP contribution in [-0.2, 0) is 20.9 Å². The van der Waals surface area contributed by atoms with E-state index in [1.165, 1.54) is 0 Å². The highest BCUT2D eigenvalue weighted by atomic mass is 35.5. The molecule has 0 saturated carbocycles. The summed E-state index contributed by atoms with van der Waals surface area (Å²) in [4.78, 5) is 11.6. The molecule has 0 aliphatic carbocycles. The summed E-state index contributed by atoms with van der Waals surface area (Å²) in [5.74, 6) is 0.135. The molecule has 0 aliphatic rings. The fourth-order valence-corrected chi connectivity index (χ4v) is 1.69. The van der Waals surface area contributed by atoms with Crippen molar-refractivity contribution in [2.75, 3.05) is 6.61 Å². The summed E-state index contributed by atoms with van der Waals surface area (Å²) in [6, 6.07) is 0. The van der Waals surface area contributed by atoms with Gasteiger partial charge < -0.3 is 9.47 Å². The average Bonchev–Trinajstić information content (AvgIpc) is 2.71. The van der Waals surface area contributed by atoms with Gasteiger partial charge in [0.05, 0.1) is 0 Å². The highest BCUT2D eigenvalue weighted by Gasteiger charge is 2.16. The number of ether oxygens (including phenoxy) is 2. The summed E-state index contributed by atoms with van der Waals surface area (Å²) >= 11 is 6.86. The molecule has 0 spiro atoms. The summed E-state index contributed by atoms with van der Waals surface area (Å²) in [5.41, 5.74) is 0.476. The molecule has 1 rings (SSSR count). The summed E-state index contributed by atoms with van der Waals surface area (Å²) < 4.78 is 14.5. The van der Waals surface area contributed by atoms with Gasteiger partial charge in [-0.3, -0.25) is 0 Å². The van der Waals surface area contributed by atoms with E-state index in [0.717, 1.165) is 18.0 Å². The minimum atomic E-state index is -0.575. The van der Waals surface area contributed by atoms with Crippen molar-refractivity contribution in [1.29, 1.82) is 0 Å². The summed E-state index contributed by atoms with van der Waals surface area (Å²) in [7, 11) is 0. The number of carbonyl (C=O) groups excluding carboxylic acids is 1. The van der Waals surface area contributed by atoms with E-state index in [-0.39, 0.29) is 6.61 Å². The summed E-state index contributed by atoms with van der Waals surface area (Å²) in [5, 5.41) is 3.75. The van der Waals surface area contributed by atoms with Crippen LogP contribution in [0.3, 0.4) is 0 Å². The molecule has 0 amide bonds. The zero-order valence-electron chi connectivity index (χ0n) is 10.7. The molecule has 1 unspecified atom stereocenters. The maximum absolute atomic E-state index is 11.6. The predicted molar refractivity (Wildman–Crippen MR) is 69.6 cm³/mol. The van der Waals surface area contributed by atoms with Crippen LogP contribution in [0.15, 0.2) is 0 Å². The molecular weight excluding hydrogens is 276 g/mol. The Morgan fingerprint density at radius 1 is 1.44 bits per heavy atom. The van der Waals surface area contributed by atoms with Crippen molar-refractivity contribution in [2.45, 2.75) is 39.9 Å². The molecule has 5 nitrogen and oxygen atoms in total. The topological polar surface area (TPSA) is 61.3 Å². The molecule has 0 saturated heterocycles. The Labute approximate surface area is 116 Å². The van der Waals surface area contributed by atoms with Gasteiger partial charge in [-0.1, -0.05) is 29.9 Å². The van der Waals surface area contributed by atoms with Crippen molar-refractivity contribution in [1.82, 2.24) is 9.59 Å². The monoisotopic (exact) mass is 292 g/mol. The van der Waals surface area contributed by atoms with Crippen LogP contribution >= 0.6 is 23.1 Å². The van der Waals surface area contributed by atoms with Gasteiger partial charge in [0.25, 0.3) is 0 Å². The summed E-state index contributed by atoms with van der Waals surface area (Å²) in [6.07, 6.45) is 0.341. The van der Waals surface area contributed by atoms with E-state index in [9.17, 15) is 4.79 Å². The van der Waals surface area contributed by atoms with Gasteiger partial charge >= 0.3 is 5.97 Å². The molecule has 1 atom stereocenters. The molecule has 0 fully saturated rings. The second-order valence-electron chi connectivity index (χ2n) is 4.30. The fourth-order valence-electron chi connectivity index (χ4n) is 1.09. The van der Waals surface area contributed by atoms with E-state index in [1.54, 1.807) is 6.92 Å². The normalized spacial score (nSPS) is 12.7. The van der Waals surface area contributed by atoms with E-state index in [0.29, 0.717) is 22.6 Å². The molecule has 0 N–H and O–H groups in total. The number of nitrogens with zero attached hydrogens (tertiary/aromatic N) is 2. The first-order chi connectivity index (χ1) is 8.50. The highest BCUT2D eigenvalue weighted by Crippen LogP contribution is 2.18. The van der Waals surface area contributed by atoms with Crippen LogP contribution in [0.2, 0.25) is 4.34 Å². The molecule has 0 radical (unpaired) electrons. The molecular formula is C11H17ClN2O3S. The van der Waals surface area contributed by atoms with Crippen molar-refractivity contribution < 1.29 is 14.3 Å². The van der Waals surface area contributed by atoms with E-state index >= 15 is 0 Å². The minimum Gasteiger partial charge on any atom is -0.457 e. The number of rotatable bonds is 7.